The summed E-state index contributed by atoms with van der Waals surface area (Å²) < 4.78 is 33.2. The van der Waals surface area contributed by atoms with Crippen LogP contribution >= 0.6 is 11.3 Å². The van der Waals surface area contributed by atoms with E-state index >= 15 is 0 Å². The third-order valence-electron chi connectivity index (χ3n) is 3.96. The quantitative estimate of drug-likeness (QED) is 0.892. The maximum absolute atomic E-state index is 12.3. The fourth-order valence-corrected chi connectivity index (χ4v) is 5.17. The van der Waals surface area contributed by atoms with Crippen LogP contribution in [0, 0.1) is 13.8 Å². The molecule has 1 N–H and O–H groups in total. The minimum Gasteiger partial charge on any atom is -0.379 e. The summed E-state index contributed by atoms with van der Waals surface area (Å²) >= 11 is 1.33. The van der Waals surface area contributed by atoms with Crippen LogP contribution in [0.25, 0.3) is 0 Å². The number of aryl methyl sites for hydroxylation is 2. The van der Waals surface area contributed by atoms with Crippen LogP contribution in [-0.4, -0.2) is 51.7 Å². The molecular weight excluding hydrogens is 308 g/mol. The van der Waals surface area contributed by atoms with Gasteiger partial charge in [-0.3, -0.25) is 4.90 Å². The lowest BCUT2D eigenvalue weighted by Crippen LogP contribution is -2.51. The van der Waals surface area contributed by atoms with Gasteiger partial charge in [0.2, 0.25) is 10.0 Å². The van der Waals surface area contributed by atoms with Crippen LogP contribution in [0.4, 0.5) is 0 Å². The second-order valence-electron chi connectivity index (χ2n) is 5.67. The van der Waals surface area contributed by atoms with E-state index in [2.05, 4.69) is 23.5 Å². The average molecular weight is 332 g/mol. The predicted octanol–water partition coefficient (Wildman–Crippen LogP) is 1.75. The van der Waals surface area contributed by atoms with E-state index in [0.29, 0.717) is 30.0 Å². The fourth-order valence-electron chi connectivity index (χ4n) is 2.49. The summed E-state index contributed by atoms with van der Waals surface area (Å²) in [5, 5.41) is 0. The van der Waals surface area contributed by atoms with Gasteiger partial charge in [-0.05, 0) is 39.3 Å². The van der Waals surface area contributed by atoms with Gasteiger partial charge in [-0.1, -0.05) is 0 Å². The molecule has 120 valence electrons. The molecule has 1 saturated heterocycles. The first kappa shape index (κ1) is 16.9. The second kappa shape index (κ2) is 6.75. The van der Waals surface area contributed by atoms with Crippen LogP contribution < -0.4 is 4.72 Å². The first-order valence-electron chi connectivity index (χ1n) is 7.21. The van der Waals surface area contributed by atoms with Crippen molar-refractivity contribution in [3.05, 3.63) is 16.5 Å². The van der Waals surface area contributed by atoms with Crippen LogP contribution in [0.15, 0.2) is 10.3 Å². The van der Waals surface area contributed by atoms with Gasteiger partial charge in [-0.25, -0.2) is 13.1 Å². The van der Waals surface area contributed by atoms with Crippen molar-refractivity contribution in [3.8, 4) is 0 Å². The SMILES string of the molecule is Cc1cc(S(=O)(=O)NC[C@H](C)N2CCOC[C@@H]2C)sc1C. The Balaban J connectivity index is 1.98. The molecule has 2 atom stereocenters. The third kappa shape index (κ3) is 4.04. The molecular formula is C14H24N2O3S2. The molecule has 0 amide bonds. The smallest absolute Gasteiger partial charge is 0.250 e. The highest BCUT2D eigenvalue weighted by atomic mass is 32.2. The lowest BCUT2D eigenvalue weighted by Gasteiger charge is -2.37. The molecule has 1 aliphatic rings. The molecule has 2 rings (SSSR count). The number of hydrogen-bond donors (Lipinski definition) is 1. The molecule has 21 heavy (non-hydrogen) atoms. The van der Waals surface area contributed by atoms with Gasteiger partial charge in [0, 0.05) is 30.1 Å². The van der Waals surface area contributed by atoms with Crippen LogP contribution in [-0.2, 0) is 14.8 Å². The number of hydrogen-bond acceptors (Lipinski definition) is 5. The van der Waals surface area contributed by atoms with E-state index in [0.717, 1.165) is 17.0 Å². The van der Waals surface area contributed by atoms with E-state index < -0.39 is 10.0 Å². The van der Waals surface area contributed by atoms with Crippen molar-refractivity contribution in [2.75, 3.05) is 26.3 Å². The molecule has 0 unspecified atom stereocenters. The fraction of sp³-hybridized carbons (Fsp3) is 0.714. The van der Waals surface area contributed by atoms with Gasteiger partial charge in [-0.15, -0.1) is 11.3 Å². The summed E-state index contributed by atoms with van der Waals surface area (Å²) in [6.45, 7) is 10.7. The second-order valence-corrected chi connectivity index (χ2v) is 8.92. The molecule has 1 aromatic rings. The van der Waals surface area contributed by atoms with E-state index in [9.17, 15) is 8.42 Å². The third-order valence-corrected chi connectivity index (χ3v) is 7.01. The molecule has 0 aliphatic carbocycles. The standard InChI is InChI=1S/C14H24N2O3S2/c1-10-7-14(20-13(10)4)21(17,18)15-8-11(2)16-5-6-19-9-12(16)3/h7,11-12,15H,5-6,8-9H2,1-4H3/t11-,12-/m0/s1. The van der Waals surface area contributed by atoms with Gasteiger partial charge in [0.1, 0.15) is 4.21 Å². The summed E-state index contributed by atoms with van der Waals surface area (Å²) in [6, 6.07) is 2.22. The number of nitrogens with zero attached hydrogens (tertiary/aromatic N) is 1. The Morgan fingerprint density at radius 2 is 2.24 bits per heavy atom. The first-order valence-corrected chi connectivity index (χ1v) is 9.51. The number of ether oxygens (including phenoxy) is 1. The van der Waals surface area contributed by atoms with Gasteiger partial charge < -0.3 is 4.74 Å². The van der Waals surface area contributed by atoms with Gasteiger partial charge >= 0.3 is 0 Å². The number of rotatable bonds is 5. The molecule has 1 aliphatic heterocycles. The van der Waals surface area contributed by atoms with Crippen molar-refractivity contribution in [2.24, 2.45) is 0 Å². The molecule has 0 aromatic carbocycles. The lowest BCUT2D eigenvalue weighted by molar-refractivity contribution is -0.0172. The highest BCUT2D eigenvalue weighted by molar-refractivity contribution is 7.91. The van der Waals surface area contributed by atoms with Gasteiger partial charge in [0.25, 0.3) is 0 Å². The Bertz CT molecular complexity index is 564. The molecule has 1 fully saturated rings. The number of sulfonamides is 1. The normalized spacial score (nSPS) is 22.4. The maximum Gasteiger partial charge on any atom is 0.250 e. The molecule has 0 saturated carbocycles. The van der Waals surface area contributed by atoms with Crippen molar-refractivity contribution >= 4 is 21.4 Å². The van der Waals surface area contributed by atoms with Crippen molar-refractivity contribution in [3.63, 3.8) is 0 Å². The van der Waals surface area contributed by atoms with E-state index in [1.54, 1.807) is 6.07 Å². The van der Waals surface area contributed by atoms with Crippen LogP contribution in [0.1, 0.15) is 24.3 Å². The molecule has 0 radical (unpaired) electrons. The van der Waals surface area contributed by atoms with Gasteiger partial charge in [-0.2, -0.15) is 0 Å². The van der Waals surface area contributed by atoms with Crippen molar-refractivity contribution in [1.82, 2.24) is 9.62 Å². The summed E-state index contributed by atoms with van der Waals surface area (Å²) in [5.74, 6) is 0. The summed E-state index contributed by atoms with van der Waals surface area (Å²) in [5.41, 5.74) is 1.02. The first-order chi connectivity index (χ1) is 9.81. The van der Waals surface area contributed by atoms with Crippen LogP contribution in [0.5, 0.6) is 0 Å². The Labute approximate surface area is 131 Å². The van der Waals surface area contributed by atoms with Crippen molar-refractivity contribution < 1.29 is 13.2 Å². The Hall–Kier alpha value is -0.470. The van der Waals surface area contributed by atoms with Crippen molar-refractivity contribution in [2.45, 2.75) is 44.0 Å². The number of thiophene rings is 1. The highest BCUT2D eigenvalue weighted by Gasteiger charge is 2.25. The Kier molecular flexibility index (Phi) is 5.43. The zero-order valence-electron chi connectivity index (χ0n) is 13.0. The molecule has 0 bridgehead atoms. The summed E-state index contributed by atoms with van der Waals surface area (Å²) in [6.07, 6.45) is 0. The van der Waals surface area contributed by atoms with Crippen LogP contribution in [0.2, 0.25) is 0 Å². The topological polar surface area (TPSA) is 58.6 Å². The number of nitrogens with one attached hydrogen (secondary N) is 1. The summed E-state index contributed by atoms with van der Waals surface area (Å²) in [7, 11) is -3.40. The van der Waals surface area contributed by atoms with Gasteiger partial charge in [0.05, 0.1) is 13.2 Å². The number of morpholine rings is 1. The van der Waals surface area contributed by atoms with E-state index in [4.69, 9.17) is 4.74 Å². The highest BCUT2D eigenvalue weighted by Crippen LogP contribution is 2.24. The molecule has 2 heterocycles. The Morgan fingerprint density at radius 3 is 2.81 bits per heavy atom. The van der Waals surface area contributed by atoms with Crippen LogP contribution in [0.3, 0.4) is 0 Å². The molecule has 5 nitrogen and oxygen atoms in total. The minimum absolute atomic E-state index is 0.154. The Morgan fingerprint density at radius 1 is 1.52 bits per heavy atom. The van der Waals surface area contributed by atoms with Crippen molar-refractivity contribution in [1.29, 1.82) is 0 Å². The molecule has 0 spiro atoms. The van der Waals surface area contributed by atoms with Gasteiger partial charge in [0.15, 0.2) is 0 Å². The predicted molar refractivity (Wildman–Crippen MR) is 85.4 cm³/mol. The zero-order chi connectivity index (χ0) is 15.6. The monoisotopic (exact) mass is 332 g/mol. The molecule has 1 aromatic heterocycles. The lowest BCUT2D eigenvalue weighted by atomic mass is 10.2. The molecule has 7 heteroatoms. The minimum atomic E-state index is -3.40. The zero-order valence-corrected chi connectivity index (χ0v) is 14.7. The van der Waals surface area contributed by atoms with E-state index in [1.165, 1.54) is 11.3 Å². The summed E-state index contributed by atoms with van der Waals surface area (Å²) in [4.78, 5) is 3.34. The van der Waals surface area contributed by atoms with E-state index in [1.807, 2.05) is 13.8 Å². The largest absolute Gasteiger partial charge is 0.379 e. The van der Waals surface area contributed by atoms with E-state index in [-0.39, 0.29) is 6.04 Å². The average Bonchev–Trinajstić information content (AvgIpc) is 2.77. The maximum atomic E-state index is 12.3.